The summed E-state index contributed by atoms with van der Waals surface area (Å²) in [6, 6.07) is 5.06. The lowest BCUT2D eigenvalue weighted by Crippen LogP contribution is -2.13. The van der Waals surface area contributed by atoms with E-state index in [4.69, 9.17) is 31.5 Å². The minimum Gasteiger partial charge on any atom is -0.496 e. The van der Waals surface area contributed by atoms with Crippen LogP contribution in [0.1, 0.15) is 17.1 Å². The number of nitrogens with two attached hydrogens (primary N) is 1. The number of carbonyl (C=O) groups excluding carboxylic acids is 1. The molecule has 12 heteroatoms. The average molecular weight is 509 g/mol. The van der Waals surface area contributed by atoms with Crippen molar-refractivity contribution in [1.29, 1.82) is 0 Å². The van der Waals surface area contributed by atoms with Crippen molar-refractivity contribution in [2.45, 2.75) is 20.5 Å². The van der Waals surface area contributed by atoms with Crippen LogP contribution in [0, 0.1) is 25.5 Å². The smallest absolute Gasteiger partial charge is 0.343 e. The number of ether oxygens (including phenoxy) is 4. The van der Waals surface area contributed by atoms with Crippen molar-refractivity contribution < 1.29 is 32.5 Å². The highest BCUT2D eigenvalue weighted by atomic mass is 35.5. The van der Waals surface area contributed by atoms with E-state index in [9.17, 15) is 13.6 Å². The first-order valence-electron chi connectivity index (χ1n) is 10.2. The van der Waals surface area contributed by atoms with Gasteiger partial charge in [-0.2, -0.15) is 0 Å². The molecule has 0 unspecified atom stereocenters. The first kappa shape index (κ1) is 25.8. The van der Waals surface area contributed by atoms with Gasteiger partial charge < -0.3 is 30.0 Å². The minimum atomic E-state index is -1.12. The third kappa shape index (κ3) is 5.99. The molecule has 3 rings (SSSR count). The summed E-state index contributed by atoms with van der Waals surface area (Å²) in [5.74, 6) is -1.82. The Morgan fingerprint density at radius 2 is 1.80 bits per heavy atom. The number of nitrogens with one attached hydrogen (secondary N) is 1. The predicted octanol–water partition coefficient (Wildman–Crippen LogP) is 4.49. The highest BCUT2D eigenvalue weighted by Gasteiger charge is 2.19. The molecule has 0 saturated heterocycles. The number of carbonyl (C=O) groups is 1. The van der Waals surface area contributed by atoms with Gasteiger partial charge in [-0.25, -0.2) is 23.5 Å². The Hall–Kier alpha value is -3.86. The molecule has 3 aromatic rings. The molecule has 1 heterocycles. The van der Waals surface area contributed by atoms with Gasteiger partial charge in [0.2, 0.25) is 0 Å². The molecule has 0 aliphatic carbocycles. The van der Waals surface area contributed by atoms with Crippen LogP contribution in [-0.4, -0.2) is 36.8 Å². The summed E-state index contributed by atoms with van der Waals surface area (Å²) >= 11 is 6.42. The zero-order valence-electron chi connectivity index (χ0n) is 19.4. The lowest BCUT2D eigenvalue weighted by atomic mass is 10.2. The highest BCUT2D eigenvalue weighted by Crippen LogP contribution is 2.39. The van der Waals surface area contributed by atoms with Gasteiger partial charge in [0.1, 0.15) is 18.2 Å². The predicted molar refractivity (Wildman–Crippen MR) is 125 cm³/mol. The molecule has 0 aliphatic rings. The standard InChI is InChI=1S/C23H23ClF2N4O5/c1-11-22(27)23(29-12(2)28-11)30-16-8-19(18(7-14(16)24)35-10-20(31)33-4)34-9-13-17(32-3)6-5-15(25)21(13)26/h5-8H,9-10,27H2,1-4H3,(H,28,29,30). The highest BCUT2D eigenvalue weighted by molar-refractivity contribution is 6.33. The van der Waals surface area contributed by atoms with Crippen molar-refractivity contribution >= 4 is 34.8 Å². The van der Waals surface area contributed by atoms with Crippen LogP contribution in [0.25, 0.3) is 0 Å². The Balaban J connectivity index is 1.99. The van der Waals surface area contributed by atoms with E-state index in [0.29, 0.717) is 28.7 Å². The van der Waals surface area contributed by atoms with Crippen molar-refractivity contribution in [1.82, 2.24) is 9.97 Å². The number of methoxy groups -OCH3 is 2. The number of rotatable bonds is 9. The van der Waals surface area contributed by atoms with Crippen molar-refractivity contribution in [3.63, 3.8) is 0 Å². The summed E-state index contributed by atoms with van der Waals surface area (Å²) in [5.41, 5.74) is 7.13. The molecule has 35 heavy (non-hydrogen) atoms. The molecule has 0 saturated carbocycles. The van der Waals surface area contributed by atoms with Gasteiger partial charge in [0.15, 0.2) is 35.6 Å². The maximum absolute atomic E-state index is 14.4. The van der Waals surface area contributed by atoms with E-state index in [2.05, 4.69) is 20.0 Å². The first-order valence-corrected chi connectivity index (χ1v) is 10.6. The zero-order chi connectivity index (χ0) is 25.7. The summed E-state index contributed by atoms with van der Waals surface area (Å²) < 4.78 is 49.1. The van der Waals surface area contributed by atoms with E-state index in [0.717, 1.165) is 6.07 Å². The van der Waals surface area contributed by atoms with Crippen molar-refractivity contribution in [2.75, 3.05) is 31.9 Å². The molecule has 0 radical (unpaired) electrons. The Labute approximate surface area is 205 Å². The molecule has 0 bridgehead atoms. The van der Waals surface area contributed by atoms with Crippen LogP contribution in [0.5, 0.6) is 17.2 Å². The lowest BCUT2D eigenvalue weighted by Gasteiger charge is -2.18. The molecule has 0 spiro atoms. The second kappa shape index (κ2) is 11.0. The topological polar surface area (TPSA) is 118 Å². The van der Waals surface area contributed by atoms with E-state index in [1.807, 2.05) is 0 Å². The molecular weight excluding hydrogens is 486 g/mol. The second-order valence-corrected chi connectivity index (χ2v) is 7.63. The van der Waals surface area contributed by atoms with Crippen LogP contribution in [0.3, 0.4) is 0 Å². The minimum absolute atomic E-state index is 0.0600. The normalized spacial score (nSPS) is 10.6. The second-order valence-electron chi connectivity index (χ2n) is 7.22. The van der Waals surface area contributed by atoms with Gasteiger partial charge in [0.05, 0.1) is 41.9 Å². The Morgan fingerprint density at radius 1 is 1.09 bits per heavy atom. The SMILES string of the molecule is COC(=O)COc1cc(Cl)c(Nc2nc(C)nc(C)c2N)cc1OCc1c(OC)ccc(F)c1F. The third-order valence-corrected chi connectivity index (χ3v) is 5.17. The van der Waals surface area contributed by atoms with Crippen molar-refractivity contribution in [3.8, 4) is 17.2 Å². The summed E-state index contributed by atoms with van der Waals surface area (Å²) in [5, 5.41) is 3.19. The number of aromatic nitrogens is 2. The number of anilines is 3. The van der Waals surface area contributed by atoms with E-state index in [-0.39, 0.29) is 27.8 Å². The van der Waals surface area contributed by atoms with Gasteiger partial charge in [-0.15, -0.1) is 0 Å². The van der Waals surface area contributed by atoms with Gasteiger partial charge in [0.25, 0.3) is 0 Å². The molecule has 1 aromatic heterocycles. The number of hydrogen-bond acceptors (Lipinski definition) is 9. The maximum Gasteiger partial charge on any atom is 0.343 e. The number of benzene rings is 2. The van der Waals surface area contributed by atoms with Crippen LogP contribution in [-0.2, 0) is 16.1 Å². The largest absolute Gasteiger partial charge is 0.496 e. The number of esters is 1. The summed E-state index contributed by atoms with van der Waals surface area (Å²) in [4.78, 5) is 20.0. The van der Waals surface area contributed by atoms with Crippen LogP contribution < -0.4 is 25.3 Å². The molecule has 0 atom stereocenters. The van der Waals surface area contributed by atoms with Crippen LogP contribution >= 0.6 is 11.6 Å². The summed E-state index contributed by atoms with van der Waals surface area (Å²) in [6.45, 7) is 2.58. The first-order chi connectivity index (χ1) is 16.6. The van der Waals surface area contributed by atoms with Gasteiger partial charge >= 0.3 is 5.97 Å². The van der Waals surface area contributed by atoms with Crippen LogP contribution in [0.2, 0.25) is 5.02 Å². The van der Waals surface area contributed by atoms with Gasteiger partial charge in [-0.3, -0.25) is 0 Å². The maximum atomic E-state index is 14.4. The van der Waals surface area contributed by atoms with Gasteiger partial charge in [-0.1, -0.05) is 11.6 Å². The molecule has 0 amide bonds. The molecule has 186 valence electrons. The molecule has 9 nitrogen and oxygen atoms in total. The van der Waals surface area contributed by atoms with Crippen molar-refractivity contribution in [3.05, 3.63) is 58.0 Å². The lowest BCUT2D eigenvalue weighted by molar-refractivity contribution is -0.142. The Bertz CT molecular complexity index is 1260. The molecule has 2 aromatic carbocycles. The molecule has 0 fully saturated rings. The fourth-order valence-electron chi connectivity index (χ4n) is 3.05. The Kier molecular flexibility index (Phi) is 8.13. The summed E-state index contributed by atoms with van der Waals surface area (Å²) in [6.07, 6.45) is 0. The average Bonchev–Trinajstić information content (AvgIpc) is 2.83. The van der Waals surface area contributed by atoms with Gasteiger partial charge in [0, 0.05) is 12.1 Å². The fourth-order valence-corrected chi connectivity index (χ4v) is 3.25. The number of aryl methyl sites for hydroxylation is 2. The molecule has 3 N–H and O–H groups in total. The van der Waals surface area contributed by atoms with E-state index in [1.165, 1.54) is 32.4 Å². The van der Waals surface area contributed by atoms with E-state index >= 15 is 0 Å². The Morgan fingerprint density at radius 3 is 2.49 bits per heavy atom. The summed E-state index contributed by atoms with van der Waals surface area (Å²) in [7, 11) is 2.53. The van der Waals surface area contributed by atoms with Gasteiger partial charge in [-0.05, 0) is 26.0 Å². The monoisotopic (exact) mass is 508 g/mol. The zero-order valence-corrected chi connectivity index (χ0v) is 20.1. The fraction of sp³-hybridized carbons (Fsp3) is 0.261. The van der Waals surface area contributed by atoms with E-state index < -0.39 is 30.8 Å². The number of hydrogen-bond donors (Lipinski definition) is 2. The van der Waals surface area contributed by atoms with Crippen molar-refractivity contribution in [2.24, 2.45) is 0 Å². The van der Waals surface area contributed by atoms with E-state index in [1.54, 1.807) is 13.8 Å². The number of nitrogen functional groups attached to an aromatic ring is 1. The molecular formula is C23H23ClF2N4O5. The third-order valence-electron chi connectivity index (χ3n) is 4.85. The quantitative estimate of drug-likeness (QED) is 0.403. The molecule has 0 aliphatic heterocycles. The number of halogens is 3. The van der Waals surface area contributed by atoms with Crippen LogP contribution in [0.15, 0.2) is 24.3 Å². The number of nitrogens with zero attached hydrogens (tertiary/aromatic N) is 2. The van der Waals surface area contributed by atoms with Crippen LogP contribution in [0.4, 0.5) is 26.0 Å².